The van der Waals surface area contributed by atoms with E-state index in [4.69, 9.17) is 0 Å². The normalized spacial score (nSPS) is 21.4. The number of hydrogen-bond acceptors (Lipinski definition) is 0. The smallest absolute Gasteiger partial charge is 0.123 e. The molecule has 0 aromatic heterocycles. The molecule has 1 saturated carbocycles. The summed E-state index contributed by atoms with van der Waals surface area (Å²) in [6, 6.07) is 6.97. The first-order chi connectivity index (χ1) is 6.62. The lowest BCUT2D eigenvalue weighted by atomic mass is 9.61. The number of halogens is 1. The molecule has 0 nitrogen and oxygen atoms in total. The third-order valence-corrected chi connectivity index (χ3v) is 3.91. The van der Waals surface area contributed by atoms with Gasteiger partial charge in [0.2, 0.25) is 0 Å². The maximum atomic E-state index is 12.7. The van der Waals surface area contributed by atoms with Crippen molar-refractivity contribution < 1.29 is 4.39 Å². The molecule has 0 N–H and O–H groups in total. The van der Waals surface area contributed by atoms with Gasteiger partial charge >= 0.3 is 0 Å². The van der Waals surface area contributed by atoms with Gasteiger partial charge in [0, 0.05) is 0 Å². The van der Waals surface area contributed by atoms with Crippen LogP contribution in [0, 0.1) is 11.2 Å². The maximum Gasteiger partial charge on any atom is 0.123 e. The van der Waals surface area contributed by atoms with E-state index >= 15 is 0 Å². The van der Waals surface area contributed by atoms with Crippen LogP contribution in [0.2, 0.25) is 0 Å². The third-order valence-electron chi connectivity index (χ3n) is 3.91. The molecule has 0 bridgehead atoms. The van der Waals surface area contributed by atoms with Crippen molar-refractivity contribution in [2.45, 2.75) is 39.0 Å². The topological polar surface area (TPSA) is 0 Å². The van der Waals surface area contributed by atoms with E-state index in [0.717, 1.165) is 0 Å². The molecule has 0 radical (unpaired) electrons. The Kier molecular flexibility index (Phi) is 2.34. The summed E-state index contributed by atoms with van der Waals surface area (Å²) in [7, 11) is 0. The zero-order chi connectivity index (χ0) is 10.2. The first-order valence-electron chi connectivity index (χ1n) is 5.37. The Balaban J connectivity index is 2.18. The van der Waals surface area contributed by atoms with Gasteiger partial charge in [0.25, 0.3) is 0 Å². The minimum absolute atomic E-state index is 0.139. The molecule has 1 aliphatic carbocycles. The van der Waals surface area contributed by atoms with Gasteiger partial charge in [-0.05, 0) is 41.9 Å². The van der Waals surface area contributed by atoms with E-state index in [-0.39, 0.29) is 5.82 Å². The number of hydrogen-bond donors (Lipinski definition) is 0. The lowest BCUT2D eigenvalue weighted by Crippen LogP contribution is -2.31. The molecular weight excluding hydrogens is 175 g/mol. The second kappa shape index (κ2) is 3.38. The predicted octanol–water partition coefficient (Wildman–Crippen LogP) is 4.12. The van der Waals surface area contributed by atoms with Gasteiger partial charge in [-0.15, -0.1) is 0 Å². The molecule has 0 saturated heterocycles. The van der Waals surface area contributed by atoms with Gasteiger partial charge in [0.05, 0.1) is 0 Å². The van der Waals surface area contributed by atoms with E-state index in [9.17, 15) is 4.39 Å². The van der Waals surface area contributed by atoms with E-state index in [0.29, 0.717) is 11.3 Å². The Labute approximate surface area is 85.1 Å². The first-order valence-corrected chi connectivity index (χ1v) is 5.37. The number of benzene rings is 1. The van der Waals surface area contributed by atoms with Crippen molar-refractivity contribution in [3.8, 4) is 0 Å². The maximum absolute atomic E-state index is 12.7. The lowest BCUT2D eigenvalue weighted by Gasteiger charge is -2.44. The first kappa shape index (κ1) is 9.70. The van der Waals surface area contributed by atoms with Gasteiger partial charge < -0.3 is 0 Å². The molecule has 1 atom stereocenters. The molecule has 1 fully saturated rings. The SMILES string of the molecule is CC(c1ccc(F)cc1)C1(C)CCC1. The van der Waals surface area contributed by atoms with Crippen LogP contribution < -0.4 is 0 Å². The van der Waals surface area contributed by atoms with Crippen LogP contribution in [0.1, 0.15) is 44.6 Å². The molecule has 1 aromatic rings. The van der Waals surface area contributed by atoms with Crippen LogP contribution in [0.25, 0.3) is 0 Å². The average molecular weight is 192 g/mol. The molecule has 0 heterocycles. The van der Waals surface area contributed by atoms with E-state index in [1.807, 2.05) is 12.1 Å². The summed E-state index contributed by atoms with van der Waals surface area (Å²) in [6.45, 7) is 4.59. The largest absolute Gasteiger partial charge is 0.207 e. The Morgan fingerprint density at radius 3 is 2.21 bits per heavy atom. The molecule has 0 amide bonds. The highest BCUT2D eigenvalue weighted by Crippen LogP contribution is 2.50. The van der Waals surface area contributed by atoms with Gasteiger partial charge in [-0.3, -0.25) is 0 Å². The molecule has 1 heteroatoms. The van der Waals surface area contributed by atoms with E-state index < -0.39 is 0 Å². The van der Waals surface area contributed by atoms with Crippen molar-refractivity contribution in [2.24, 2.45) is 5.41 Å². The van der Waals surface area contributed by atoms with E-state index in [1.165, 1.54) is 24.8 Å². The van der Waals surface area contributed by atoms with Gasteiger partial charge in [-0.25, -0.2) is 4.39 Å². The highest BCUT2D eigenvalue weighted by Gasteiger charge is 2.37. The zero-order valence-electron chi connectivity index (χ0n) is 8.89. The number of rotatable bonds is 2. The summed E-state index contributed by atoms with van der Waals surface area (Å²) in [5.41, 5.74) is 1.73. The molecule has 76 valence electrons. The second-order valence-electron chi connectivity index (χ2n) is 4.78. The summed E-state index contributed by atoms with van der Waals surface area (Å²) in [5, 5.41) is 0. The second-order valence-corrected chi connectivity index (χ2v) is 4.78. The predicted molar refractivity (Wildman–Crippen MR) is 56.8 cm³/mol. The van der Waals surface area contributed by atoms with Crippen LogP contribution in [0.4, 0.5) is 4.39 Å². The molecule has 14 heavy (non-hydrogen) atoms. The molecule has 1 unspecified atom stereocenters. The minimum atomic E-state index is -0.139. The summed E-state index contributed by atoms with van der Waals surface area (Å²) in [6.07, 6.45) is 3.97. The molecular formula is C13H17F. The Morgan fingerprint density at radius 2 is 1.79 bits per heavy atom. The summed E-state index contributed by atoms with van der Waals surface area (Å²) in [5.74, 6) is 0.413. The van der Waals surface area contributed by atoms with Crippen molar-refractivity contribution >= 4 is 0 Å². The average Bonchev–Trinajstić information content (AvgIpc) is 2.14. The van der Waals surface area contributed by atoms with Gasteiger partial charge in [-0.2, -0.15) is 0 Å². The van der Waals surface area contributed by atoms with Gasteiger partial charge in [0.1, 0.15) is 5.82 Å². The standard InChI is InChI=1S/C13H17F/c1-10(13(2)8-3-9-13)11-4-6-12(14)7-5-11/h4-7,10H,3,8-9H2,1-2H3. The fourth-order valence-corrected chi connectivity index (χ4v) is 2.32. The van der Waals surface area contributed by atoms with Crippen molar-refractivity contribution in [1.82, 2.24) is 0 Å². The van der Waals surface area contributed by atoms with E-state index in [2.05, 4.69) is 13.8 Å². The van der Waals surface area contributed by atoms with Crippen LogP contribution in [-0.4, -0.2) is 0 Å². The van der Waals surface area contributed by atoms with Crippen LogP contribution in [0.3, 0.4) is 0 Å². The molecule has 1 aromatic carbocycles. The van der Waals surface area contributed by atoms with Crippen LogP contribution in [0.15, 0.2) is 24.3 Å². The third kappa shape index (κ3) is 1.56. The van der Waals surface area contributed by atoms with Crippen molar-refractivity contribution in [3.05, 3.63) is 35.6 Å². The van der Waals surface area contributed by atoms with Gasteiger partial charge in [-0.1, -0.05) is 32.4 Å². The fourth-order valence-electron chi connectivity index (χ4n) is 2.32. The molecule has 1 aliphatic rings. The van der Waals surface area contributed by atoms with Crippen LogP contribution in [-0.2, 0) is 0 Å². The highest BCUT2D eigenvalue weighted by atomic mass is 19.1. The van der Waals surface area contributed by atoms with Crippen LogP contribution in [0.5, 0.6) is 0 Å². The zero-order valence-corrected chi connectivity index (χ0v) is 8.89. The van der Waals surface area contributed by atoms with E-state index in [1.54, 1.807) is 12.1 Å². The van der Waals surface area contributed by atoms with Gasteiger partial charge in [0.15, 0.2) is 0 Å². The van der Waals surface area contributed by atoms with Crippen molar-refractivity contribution in [2.75, 3.05) is 0 Å². The Bertz CT molecular complexity index is 309. The van der Waals surface area contributed by atoms with Crippen molar-refractivity contribution in [1.29, 1.82) is 0 Å². The van der Waals surface area contributed by atoms with Crippen LogP contribution >= 0.6 is 0 Å². The monoisotopic (exact) mass is 192 g/mol. The Morgan fingerprint density at radius 1 is 1.21 bits per heavy atom. The Hall–Kier alpha value is -0.850. The summed E-state index contributed by atoms with van der Waals surface area (Å²) >= 11 is 0. The lowest BCUT2D eigenvalue weighted by molar-refractivity contribution is 0.125. The summed E-state index contributed by atoms with van der Waals surface area (Å²) in [4.78, 5) is 0. The summed E-state index contributed by atoms with van der Waals surface area (Å²) < 4.78 is 12.7. The van der Waals surface area contributed by atoms with Crippen molar-refractivity contribution in [3.63, 3.8) is 0 Å². The molecule has 0 aliphatic heterocycles. The fraction of sp³-hybridized carbons (Fsp3) is 0.538. The molecule has 0 spiro atoms. The minimum Gasteiger partial charge on any atom is -0.207 e. The quantitative estimate of drug-likeness (QED) is 0.661. The highest BCUT2D eigenvalue weighted by molar-refractivity contribution is 5.22. The molecule has 2 rings (SSSR count).